The van der Waals surface area contributed by atoms with Crippen LogP contribution in [0.4, 0.5) is 5.69 Å². The first kappa shape index (κ1) is 19.1. The minimum absolute atomic E-state index is 0.164. The summed E-state index contributed by atoms with van der Waals surface area (Å²) in [6.07, 6.45) is 5.62. The summed E-state index contributed by atoms with van der Waals surface area (Å²) in [5.41, 5.74) is 3.47. The molecule has 3 heterocycles. The van der Waals surface area contributed by atoms with Crippen molar-refractivity contribution in [1.29, 1.82) is 0 Å². The van der Waals surface area contributed by atoms with E-state index in [1.54, 1.807) is 6.07 Å². The number of fused-ring (bicyclic) bond motifs is 2. The van der Waals surface area contributed by atoms with Crippen LogP contribution in [0.1, 0.15) is 24.1 Å². The van der Waals surface area contributed by atoms with Gasteiger partial charge >= 0.3 is 0 Å². The number of phenols is 2. The molecule has 2 aliphatic heterocycles. The molecule has 0 radical (unpaired) electrons. The summed E-state index contributed by atoms with van der Waals surface area (Å²) >= 11 is 0. The number of pyridine rings is 1. The Labute approximate surface area is 164 Å². The fraction of sp³-hybridized carbons (Fsp3) is 0.524. The van der Waals surface area contributed by atoms with E-state index in [4.69, 9.17) is 14.7 Å². The van der Waals surface area contributed by atoms with Gasteiger partial charge in [-0.1, -0.05) is 0 Å². The molecule has 0 amide bonds. The molecule has 3 N–H and O–H groups in total. The van der Waals surface area contributed by atoms with Crippen molar-refractivity contribution in [2.45, 2.75) is 25.7 Å². The van der Waals surface area contributed by atoms with Crippen LogP contribution in [-0.4, -0.2) is 70.9 Å². The first-order chi connectivity index (χ1) is 13.7. The van der Waals surface area contributed by atoms with Gasteiger partial charge in [0.15, 0.2) is 11.5 Å². The number of aliphatic hydroxyl groups is 1. The molecule has 1 atom stereocenters. The van der Waals surface area contributed by atoms with Gasteiger partial charge in [0.2, 0.25) is 0 Å². The van der Waals surface area contributed by atoms with E-state index < -0.39 is 0 Å². The van der Waals surface area contributed by atoms with E-state index in [0.717, 1.165) is 54.7 Å². The van der Waals surface area contributed by atoms with Crippen LogP contribution >= 0.6 is 0 Å². The highest BCUT2D eigenvalue weighted by atomic mass is 16.5. The Hall–Kier alpha value is -2.22. The van der Waals surface area contributed by atoms with Gasteiger partial charge in [0.25, 0.3) is 0 Å². The highest BCUT2D eigenvalue weighted by molar-refractivity contribution is 5.95. The Morgan fingerprint density at radius 3 is 2.89 bits per heavy atom. The van der Waals surface area contributed by atoms with Crippen molar-refractivity contribution in [3.63, 3.8) is 0 Å². The molecule has 150 valence electrons. The molecule has 1 saturated heterocycles. The van der Waals surface area contributed by atoms with Crippen molar-refractivity contribution in [3.05, 3.63) is 23.4 Å². The second kappa shape index (κ2) is 8.43. The molecule has 28 heavy (non-hydrogen) atoms. The predicted molar refractivity (Wildman–Crippen MR) is 108 cm³/mol. The van der Waals surface area contributed by atoms with Crippen molar-refractivity contribution in [2.24, 2.45) is 10.9 Å². The minimum Gasteiger partial charge on any atom is -0.504 e. The fourth-order valence-electron chi connectivity index (χ4n) is 4.16. The third kappa shape index (κ3) is 3.97. The Bertz CT molecular complexity index is 882. The number of piperidine rings is 1. The number of hydrogen-bond donors (Lipinski definition) is 3. The maximum atomic E-state index is 10.0. The second-order valence-corrected chi connectivity index (χ2v) is 7.56. The highest BCUT2D eigenvalue weighted by Crippen LogP contribution is 2.38. The first-order valence-corrected chi connectivity index (χ1v) is 9.98. The van der Waals surface area contributed by atoms with E-state index in [1.807, 2.05) is 6.21 Å². The van der Waals surface area contributed by atoms with Crippen molar-refractivity contribution in [1.82, 2.24) is 9.88 Å². The SMILES string of the molecule is OCCN1CCCC(/C=N/c2c3c(nc4cc(O)c(O)cc24)CCOCC3)C1. The zero-order valence-electron chi connectivity index (χ0n) is 16.0. The van der Waals surface area contributed by atoms with Crippen molar-refractivity contribution in [3.8, 4) is 11.5 Å². The molecule has 2 aromatic rings. The van der Waals surface area contributed by atoms with Gasteiger partial charge in [-0.05, 0) is 31.9 Å². The highest BCUT2D eigenvalue weighted by Gasteiger charge is 2.21. The number of β-amino-alcohol motifs (C(OH)–C–C–N with tert-alkyl or cyclic N) is 1. The first-order valence-electron chi connectivity index (χ1n) is 9.98. The third-order valence-corrected chi connectivity index (χ3v) is 5.59. The molecule has 0 bridgehead atoms. The van der Waals surface area contributed by atoms with Gasteiger partial charge in [-0.2, -0.15) is 0 Å². The normalized spacial score (nSPS) is 21.1. The number of benzene rings is 1. The molecule has 0 aliphatic carbocycles. The lowest BCUT2D eigenvalue weighted by Gasteiger charge is -2.30. The predicted octanol–water partition coefficient (Wildman–Crippen LogP) is 2.17. The van der Waals surface area contributed by atoms with Crippen molar-refractivity contribution >= 4 is 22.8 Å². The van der Waals surface area contributed by atoms with Crippen LogP contribution in [0.2, 0.25) is 0 Å². The van der Waals surface area contributed by atoms with Crippen molar-refractivity contribution in [2.75, 3.05) is 39.5 Å². The molecule has 1 aromatic heterocycles. The van der Waals surface area contributed by atoms with E-state index >= 15 is 0 Å². The van der Waals surface area contributed by atoms with Gasteiger partial charge in [-0.25, -0.2) is 0 Å². The van der Waals surface area contributed by atoms with Gasteiger partial charge in [0.05, 0.1) is 31.0 Å². The van der Waals surface area contributed by atoms with E-state index in [9.17, 15) is 15.3 Å². The van der Waals surface area contributed by atoms with Gasteiger partial charge in [0.1, 0.15) is 0 Å². The molecular formula is C21H27N3O4. The van der Waals surface area contributed by atoms with Crippen LogP contribution in [0.15, 0.2) is 17.1 Å². The third-order valence-electron chi connectivity index (χ3n) is 5.59. The second-order valence-electron chi connectivity index (χ2n) is 7.56. The summed E-state index contributed by atoms with van der Waals surface area (Å²) in [6.45, 7) is 4.03. The maximum absolute atomic E-state index is 10.0. The summed E-state index contributed by atoms with van der Waals surface area (Å²) in [5.74, 6) is -0.0130. The number of ether oxygens (including phenoxy) is 1. The Balaban J connectivity index is 1.73. The van der Waals surface area contributed by atoms with Gasteiger partial charge in [-0.15, -0.1) is 0 Å². The van der Waals surface area contributed by atoms with Crippen LogP contribution in [-0.2, 0) is 17.6 Å². The molecular weight excluding hydrogens is 358 g/mol. The number of aliphatic hydroxyl groups excluding tert-OH is 1. The summed E-state index contributed by atoms with van der Waals surface area (Å²) in [6, 6.07) is 3.05. The van der Waals surface area contributed by atoms with E-state index in [1.165, 1.54) is 6.07 Å². The average Bonchev–Trinajstić information content (AvgIpc) is 2.92. The maximum Gasteiger partial charge on any atom is 0.159 e. The van der Waals surface area contributed by atoms with Gasteiger partial charge < -0.3 is 25.0 Å². The number of aromatic hydroxyl groups is 2. The summed E-state index contributed by atoms with van der Waals surface area (Å²) in [4.78, 5) is 11.9. The number of aromatic nitrogens is 1. The molecule has 1 fully saturated rings. The quantitative estimate of drug-likeness (QED) is 0.551. The summed E-state index contributed by atoms with van der Waals surface area (Å²) in [7, 11) is 0. The van der Waals surface area contributed by atoms with Crippen LogP contribution in [0.25, 0.3) is 10.9 Å². The molecule has 2 aliphatic rings. The lowest BCUT2D eigenvalue weighted by atomic mass is 9.98. The molecule has 1 unspecified atom stereocenters. The molecule has 0 spiro atoms. The lowest BCUT2D eigenvalue weighted by Crippen LogP contribution is -2.37. The lowest BCUT2D eigenvalue weighted by molar-refractivity contribution is 0.146. The monoisotopic (exact) mass is 385 g/mol. The molecule has 7 heteroatoms. The zero-order valence-corrected chi connectivity index (χ0v) is 16.0. The zero-order chi connectivity index (χ0) is 19.5. The van der Waals surface area contributed by atoms with E-state index in [0.29, 0.717) is 37.6 Å². The smallest absolute Gasteiger partial charge is 0.159 e. The molecule has 7 nitrogen and oxygen atoms in total. The molecule has 4 rings (SSSR count). The van der Waals surface area contributed by atoms with Crippen LogP contribution in [0.5, 0.6) is 11.5 Å². The Morgan fingerprint density at radius 1 is 1.21 bits per heavy atom. The largest absolute Gasteiger partial charge is 0.504 e. The fourth-order valence-corrected chi connectivity index (χ4v) is 4.16. The topological polar surface area (TPSA) is 98.4 Å². The average molecular weight is 385 g/mol. The van der Waals surface area contributed by atoms with Gasteiger partial charge in [-0.3, -0.25) is 9.98 Å². The number of phenolic OH excluding ortho intramolecular Hbond substituents is 2. The van der Waals surface area contributed by atoms with Gasteiger partial charge in [0, 0.05) is 54.4 Å². The molecule has 0 saturated carbocycles. The van der Waals surface area contributed by atoms with Crippen LogP contribution in [0.3, 0.4) is 0 Å². The van der Waals surface area contributed by atoms with Crippen LogP contribution in [0, 0.1) is 5.92 Å². The number of hydrogen-bond acceptors (Lipinski definition) is 7. The number of likely N-dealkylation sites (tertiary alicyclic amines) is 1. The van der Waals surface area contributed by atoms with E-state index in [-0.39, 0.29) is 18.1 Å². The Morgan fingerprint density at radius 2 is 2.04 bits per heavy atom. The Kier molecular flexibility index (Phi) is 5.75. The summed E-state index contributed by atoms with van der Waals surface area (Å²) < 4.78 is 5.62. The number of rotatable bonds is 4. The summed E-state index contributed by atoms with van der Waals surface area (Å²) in [5, 5.41) is 29.9. The minimum atomic E-state index is -0.174. The standard InChI is InChI=1S/C21H27N3O4/c25-7-6-24-5-1-2-14(13-24)12-22-21-15-3-8-28-9-4-17(15)23-18-11-20(27)19(26)10-16(18)21/h10-12,14,25-27H,1-9,13H2/b22-12+. The molecule has 1 aromatic carbocycles. The van der Waals surface area contributed by atoms with Crippen molar-refractivity contribution < 1.29 is 20.1 Å². The number of nitrogens with zero attached hydrogens (tertiary/aromatic N) is 3. The van der Waals surface area contributed by atoms with E-state index in [2.05, 4.69) is 4.90 Å². The van der Waals surface area contributed by atoms with Crippen LogP contribution < -0.4 is 0 Å². The number of aliphatic imine (C=N–C) groups is 1.